The highest BCUT2D eigenvalue weighted by molar-refractivity contribution is 7.15. The van der Waals surface area contributed by atoms with Crippen molar-refractivity contribution in [3.05, 3.63) is 5.01 Å². The van der Waals surface area contributed by atoms with Gasteiger partial charge in [-0.05, 0) is 33.5 Å². The van der Waals surface area contributed by atoms with Gasteiger partial charge < -0.3 is 10.6 Å². The van der Waals surface area contributed by atoms with Crippen LogP contribution in [0, 0.1) is 0 Å². The summed E-state index contributed by atoms with van der Waals surface area (Å²) in [4.78, 5) is 4.73. The fourth-order valence-electron chi connectivity index (χ4n) is 2.24. The molecule has 1 aromatic heterocycles. The topological polar surface area (TPSA) is 58.3 Å². The van der Waals surface area contributed by atoms with Crippen LogP contribution in [0.1, 0.15) is 17.8 Å². The van der Waals surface area contributed by atoms with Crippen molar-refractivity contribution in [2.75, 3.05) is 32.9 Å². The maximum Gasteiger partial charge on any atom is 0.203 e. The number of nitrogen functional groups attached to an aromatic ring is 1. The lowest BCUT2D eigenvalue weighted by molar-refractivity contribution is 0.200. The Hall–Kier alpha value is -0.720. The van der Waals surface area contributed by atoms with Crippen LogP contribution in [-0.4, -0.2) is 53.2 Å². The van der Waals surface area contributed by atoms with E-state index in [2.05, 4.69) is 34.1 Å². The molecule has 1 atom stereocenters. The number of likely N-dealkylation sites (tertiary alicyclic amines) is 1. The van der Waals surface area contributed by atoms with Crippen molar-refractivity contribution >= 4 is 16.5 Å². The molecular formula is C10H19N5S. The molecule has 2 rings (SSSR count). The van der Waals surface area contributed by atoms with Crippen LogP contribution in [0.3, 0.4) is 0 Å². The highest BCUT2D eigenvalue weighted by Crippen LogP contribution is 2.22. The van der Waals surface area contributed by atoms with Crippen LogP contribution in [0.4, 0.5) is 5.13 Å². The van der Waals surface area contributed by atoms with Gasteiger partial charge in [0.2, 0.25) is 5.13 Å². The van der Waals surface area contributed by atoms with Gasteiger partial charge in [0.25, 0.3) is 0 Å². The van der Waals surface area contributed by atoms with E-state index in [-0.39, 0.29) is 0 Å². The molecule has 0 radical (unpaired) electrons. The zero-order valence-electron chi connectivity index (χ0n) is 9.89. The number of nitrogens with zero attached hydrogens (tertiary/aromatic N) is 4. The first-order valence-electron chi connectivity index (χ1n) is 5.62. The summed E-state index contributed by atoms with van der Waals surface area (Å²) in [7, 11) is 4.25. The summed E-state index contributed by atoms with van der Waals surface area (Å²) in [5.41, 5.74) is 5.59. The zero-order valence-corrected chi connectivity index (χ0v) is 10.7. The molecule has 0 aliphatic carbocycles. The Bertz CT molecular complexity index is 338. The predicted octanol–water partition coefficient (Wildman–Crippen LogP) is 0.646. The summed E-state index contributed by atoms with van der Waals surface area (Å²) < 4.78 is 0. The number of anilines is 1. The average molecular weight is 241 g/mol. The second-order valence-corrected chi connectivity index (χ2v) is 5.66. The molecule has 1 aliphatic rings. The molecule has 90 valence electrons. The number of hydrogen-bond donors (Lipinski definition) is 1. The van der Waals surface area contributed by atoms with Crippen molar-refractivity contribution in [3.63, 3.8) is 0 Å². The number of likely N-dealkylation sites (N-methyl/N-ethyl adjacent to an activating group) is 1. The first-order chi connectivity index (χ1) is 7.65. The van der Waals surface area contributed by atoms with Crippen LogP contribution < -0.4 is 5.73 Å². The third-order valence-corrected chi connectivity index (χ3v) is 3.63. The molecule has 1 unspecified atom stereocenters. The van der Waals surface area contributed by atoms with Crippen molar-refractivity contribution in [3.8, 4) is 0 Å². The second-order valence-electron chi connectivity index (χ2n) is 4.56. The molecule has 1 fully saturated rings. The highest BCUT2D eigenvalue weighted by Gasteiger charge is 2.25. The minimum Gasteiger partial charge on any atom is -0.374 e. The van der Waals surface area contributed by atoms with Gasteiger partial charge in [-0.3, -0.25) is 4.90 Å². The van der Waals surface area contributed by atoms with Gasteiger partial charge >= 0.3 is 0 Å². The average Bonchev–Trinajstić information content (AvgIpc) is 2.77. The molecule has 5 nitrogen and oxygen atoms in total. The van der Waals surface area contributed by atoms with Gasteiger partial charge in [0.1, 0.15) is 5.01 Å². The number of rotatable bonds is 4. The maximum atomic E-state index is 5.59. The Balaban J connectivity index is 1.93. The van der Waals surface area contributed by atoms with Crippen molar-refractivity contribution < 1.29 is 0 Å². The van der Waals surface area contributed by atoms with E-state index in [0.717, 1.165) is 24.6 Å². The first-order valence-corrected chi connectivity index (χ1v) is 6.43. The molecule has 0 bridgehead atoms. The van der Waals surface area contributed by atoms with E-state index in [1.165, 1.54) is 24.2 Å². The van der Waals surface area contributed by atoms with Crippen LogP contribution in [0.25, 0.3) is 0 Å². The van der Waals surface area contributed by atoms with Crippen LogP contribution >= 0.6 is 11.3 Å². The molecule has 6 heteroatoms. The Labute approximate surface area is 100 Å². The van der Waals surface area contributed by atoms with Crippen molar-refractivity contribution in [1.82, 2.24) is 20.0 Å². The molecular weight excluding hydrogens is 222 g/mol. The third-order valence-electron chi connectivity index (χ3n) is 2.90. The van der Waals surface area contributed by atoms with E-state index in [9.17, 15) is 0 Å². The van der Waals surface area contributed by atoms with Crippen LogP contribution in [0.5, 0.6) is 0 Å². The van der Waals surface area contributed by atoms with E-state index in [0.29, 0.717) is 11.2 Å². The van der Waals surface area contributed by atoms with E-state index >= 15 is 0 Å². The molecule has 1 aromatic rings. The predicted molar refractivity (Wildman–Crippen MR) is 66.3 cm³/mol. The van der Waals surface area contributed by atoms with E-state index < -0.39 is 0 Å². The fourth-order valence-corrected chi connectivity index (χ4v) is 2.87. The highest BCUT2D eigenvalue weighted by atomic mass is 32.1. The fraction of sp³-hybridized carbons (Fsp3) is 0.800. The normalized spacial score (nSPS) is 22.1. The quantitative estimate of drug-likeness (QED) is 0.838. The Morgan fingerprint density at radius 2 is 2.31 bits per heavy atom. The van der Waals surface area contributed by atoms with Gasteiger partial charge in [-0.2, -0.15) is 0 Å². The van der Waals surface area contributed by atoms with Gasteiger partial charge in [-0.15, -0.1) is 10.2 Å². The lowest BCUT2D eigenvalue weighted by Crippen LogP contribution is -2.37. The molecule has 2 heterocycles. The molecule has 1 saturated heterocycles. The standard InChI is InChI=1S/C10H19N5S/c1-14(2)6-8-4-3-5-15(8)7-9-12-13-10(11)16-9/h8H,3-7H2,1-2H3,(H2,11,13). The minimum absolute atomic E-state index is 0.568. The molecule has 0 aromatic carbocycles. The lowest BCUT2D eigenvalue weighted by Gasteiger charge is -2.25. The molecule has 1 aliphatic heterocycles. The monoisotopic (exact) mass is 241 g/mol. The number of aromatic nitrogens is 2. The van der Waals surface area contributed by atoms with E-state index in [4.69, 9.17) is 5.73 Å². The van der Waals surface area contributed by atoms with Crippen LogP contribution in [0.2, 0.25) is 0 Å². The molecule has 2 N–H and O–H groups in total. The van der Waals surface area contributed by atoms with Crippen LogP contribution in [0.15, 0.2) is 0 Å². The molecule has 0 amide bonds. The SMILES string of the molecule is CN(C)CC1CCCN1Cc1nnc(N)s1. The number of nitrogens with two attached hydrogens (primary N) is 1. The van der Waals surface area contributed by atoms with Gasteiger partial charge in [0.05, 0.1) is 6.54 Å². The van der Waals surface area contributed by atoms with Crippen LogP contribution in [-0.2, 0) is 6.54 Å². The second kappa shape index (κ2) is 5.07. The molecule has 16 heavy (non-hydrogen) atoms. The third kappa shape index (κ3) is 2.90. The molecule has 0 spiro atoms. The summed E-state index contributed by atoms with van der Waals surface area (Å²) in [6, 6.07) is 0.653. The minimum atomic E-state index is 0.568. The zero-order chi connectivity index (χ0) is 11.5. The van der Waals surface area contributed by atoms with Gasteiger partial charge in [-0.1, -0.05) is 11.3 Å². The summed E-state index contributed by atoms with van der Waals surface area (Å²) in [5, 5.41) is 9.53. The maximum absolute atomic E-state index is 5.59. The first kappa shape index (κ1) is 11.8. The Kier molecular flexibility index (Phi) is 3.73. The summed E-state index contributed by atoms with van der Waals surface area (Å²) in [5.74, 6) is 0. The largest absolute Gasteiger partial charge is 0.374 e. The molecule has 0 saturated carbocycles. The van der Waals surface area contributed by atoms with Crippen molar-refractivity contribution in [2.45, 2.75) is 25.4 Å². The van der Waals surface area contributed by atoms with Crippen molar-refractivity contribution in [1.29, 1.82) is 0 Å². The summed E-state index contributed by atoms with van der Waals surface area (Å²) in [6.45, 7) is 3.18. The summed E-state index contributed by atoms with van der Waals surface area (Å²) >= 11 is 1.50. The smallest absolute Gasteiger partial charge is 0.203 e. The van der Waals surface area contributed by atoms with Gasteiger partial charge in [0, 0.05) is 12.6 Å². The Morgan fingerprint density at radius 1 is 1.50 bits per heavy atom. The lowest BCUT2D eigenvalue weighted by atomic mass is 10.2. The number of hydrogen-bond acceptors (Lipinski definition) is 6. The van der Waals surface area contributed by atoms with Crippen molar-refractivity contribution in [2.24, 2.45) is 0 Å². The van der Waals surface area contributed by atoms with Gasteiger partial charge in [-0.25, -0.2) is 0 Å². The summed E-state index contributed by atoms with van der Waals surface area (Å²) in [6.07, 6.45) is 2.57. The van der Waals surface area contributed by atoms with E-state index in [1.54, 1.807) is 0 Å². The van der Waals surface area contributed by atoms with E-state index in [1.807, 2.05) is 0 Å². The Morgan fingerprint density at radius 3 is 2.94 bits per heavy atom. The van der Waals surface area contributed by atoms with Gasteiger partial charge in [0.15, 0.2) is 0 Å².